The second-order valence-corrected chi connectivity index (χ2v) is 6.23. The van der Waals surface area contributed by atoms with Crippen molar-refractivity contribution < 1.29 is 19.1 Å². The molecule has 3 rings (SSSR count). The van der Waals surface area contributed by atoms with Gasteiger partial charge in [-0.2, -0.15) is 0 Å². The van der Waals surface area contributed by atoms with Gasteiger partial charge < -0.3 is 25.4 Å². The van der Waals surface area contributed by atoms with E-state index in [9.17, 15) is 9.59 Å². The van der Waals surface area contributed by atoms with Crippen LogP contribution in [0.3, 0.4) is 0 Å². The Morgan fingerprint density at radius 1 is 1.18 bits per heavy atom. The van der Waals surface area contributed by atoms with Gasteiger partial charge in [0.15, 0.2) is 0 Å². The van der Waals surface area contributed by atoms with Crippen molar-refractivity contribution in [2.24, 2.45) is 0 Å². The lowest BCUT2D eigenvalue weighted by atomic mass is 9.94. The lowest BCUT2D eigenvalue weighted by Gasteiger charge is -2.29. The van der Waals surface area contributed by atoms with Gasteiger partial charge in [0.05, 0.1) is 31.0 Å². The van der Waals surface area contributed by atoms with Gasteiger partial charge in [-0.15, -0.1) is 0 Å². The molecule has 1 heterocycles. The number of nitrogens with one attached hydrogen (secondary N) is 3. The molecule has 0 saturated heterocycles. The van der Waals surface area contributed by atoms with Crippen molar-refractivity contribution >= 4 is 17.6 Å². The minimum atomic E-state index is -0.608. The van der Waals surface area contributed by atoms with Gasteiger partial charge in [-0.05, 0) is 43.7 Å². The van der Waals surface area contributed by atoms with Crippen molar-refractivity contribution in [3.8, 4) is 11.5 Å². The summed E-state index contributed by atoms with van der Waals surface area (Å²) in [7, 11) is 1.57. The van der Waals surface area contributed by atoms with E-state index in [2.05, 4.69) is 16.0 Å². The smallest absolute Gasteiger partial charge is 0.319 e. The zero-order valence-electron chi connectivity index (χ0n) is 16.0. The Morgan fingerprint density at radius 3 is 2.71 bits per heavy atom. The van der Waals surface area contributed by atoms with E-state index in [0.29, 0.717) is 35.1 Å². The first-order valence-corrected chi connectivity index (χ1v) is 8.99. The van der Waals surface area contributed by atoms with E-state index in [0.717, 1.165) is 5.56 Å². The molecule has 0 saturated carbocycles. The first kappa shape index (κ1) is 19.3. The van der Waals surface area contributed by atoms with E-state index in [1.165, 1.54) is 0 Å². The lowest BCUT2D eigenvalue weighted by molar-refractivity contribution is -0.113. The number of hydrogen-bond acceptors (Lipinski definition) is 4. The van der Waals surface area contributed by atoms with Crippen LogP contribution in [-0.2, 0) is 4.79 Å². The third-order valence-corrected chi connectivity index (χ3v) is 4.38. The molecule has 1 aliphatic heterocycles. The molecule has 28 heavy (non-hydrogen) atoms. The van der Waals surface area contributed by atoms with E-state index in [-0.39, 0.29) is 11.9 Å². The predicted octanol–water partition coefficient (Wildman–Crippen LogP) is 3.36. The third kappa shape index (κ3) is 4.09. The van der Waals surface area contributed by atoms with Crippen LogP contribution in [0.25, 0.3) is 0 Å². The SMILES string of the molecule is CCOc1ccccc1NC(=O)C1=C(C)NC(=O)N[C@H]1c1cccc(OC)c1. The molecule has 146 valence electrons. The number of anilines is 1. The van der Waals surface area contributed by atoms with Crippen molar-refractivity contribution in [2.45, 2.75) is 19.9 Å². The van der Waals surface area contributed by atoms with Crippen LogP contribution in [0.5, 0.6) is 11.5 Å². The van der Waals surface area contributed by atoms with E-state index in [4.69, 9.17) is 9.47 Å². The topological polar surface area (TPSA) is 88.7 Å². The number of methoxy groups -OCH3 is 1. The summed E-state index contributed by atoms with van der Waals surface area (Å²) >= 11 is 0. The summed E-state index contributed by atoms with van der Waals surface area (Å²) < 4.78 is 10.9. The van der Waals surface area contributed by atoms with Crippen LogP contribution >= 0.6 is 0 Å². The van der Waals surface area contributed by atoms with Crippen molar-refractivity contribution in [1.29, 1.82) is 0 Å². The van der Waals surface area contributed by atoms with Gasteiger partial charge >= 0.3 is 6.03 Å². The van der Waals surface area contributed by atoms with Crippen molar-refractivity contribution in [2.75, 3.05) is 19.0 Å². The van der Waals surface area contributed by atoms with Crippen LogP contribution < -0.4 is 25.4 Å². The van der Waals surface area contributed by atoms with Crippen LogP contribution in [0, 0.1) is 0 Å². The van der Waals surface area contributed by atoms with Gasteiger partial charge in [0.2, 0.25) is 0 Å². The summed E-state index contributed by atoms with van der Waals surface area (Å²) in [4.78, 5) is 25.2. The maximum atomic E-state index is 13.1. The normalized spacial score (nSPS) is 16.1. The fraction of sp³-hybridized carbons (Fsp3) is 0.238. The molecule has 7 nitrogen and oxygen atoms in total. The molecule has 1 atom stereocenters. The summed E-state index contributed by atoms with van der Waals surface area (Å²) in [6, 6.07) is 13.5. The van der Waals surface area contributed by atoms with Crippen LogP contribution in [0.4, 0.5) is 10.5 Å². The number of benzene rings is 2. The fourth-order valence-corrected chi connectivity index (χ4v) is 3.11. The maximum absolute atomic E-state index is 13.1. The van der Waals surface area contributed by atoms with Gasteiger partial charge in [-0.1, -0.05) is 24.3 Å². The molecule has 0 radical (unpaired) electrons. The first-order chi connectivity index (χ1) is 13.5. The number of allylic oxidation sites excluding steroid dienone is 1. The average molecular weight is 381 g/mol. The summed E-state index contributed by atoms with van der Waals surface area (Å²) in [5.41, 5.74) is 2.22. The van der Waals surface area contributed by atoms with Gasteiger partial charge in [0.1, 0.15) is 11.5 Å². The number of urea groups is 1. The number of carbonyl (C=O) groups is 2. The van der Waals surface area contributed by atoms with Gasteiger partial charge in [0.25, 0.3) is 5.91 Å². The Bertz CT molecular complexity index is 923. The molecule has 7 heteroatoms. The monoisotopic (exact) mass is 381 g/mol. The molecule has 2 aromatic carbocycles. The molecule has 0 spiro atoms. The number of hydrogen-bond donors (Lipinski definition) is 3. The highest BCUT2D eigenvalue weighted by molar-refractivity contribution is 6.07. The van der Waals surface area contributed by atoms with E-state index in [1.807, 2.05) is 31.2 Å². The Balaban J connectivity index is 1.95. The van der Waals surface area contributed by atoms with Crippen molar-refractivity contribution in [3.05, 3.63) is 65.4 Å². The third-order valence-electron chi connectivity index (χ3n) is 4.38. The standard InChI is InChI=1S/C21H23N3O4/c1-4-28-17-11-6-5-10-16(17)23-20(25)18-13(2)22-21(26)24-19(18)14-8-7-9-15(12-14)27-3/h5-12,19H,4H2,1-3H3,(H,23,25)(H2,22,24,26)/t19-/m0/s1. The Morgan fingerprint density at radius 2 is 1.96 bits per heavy atom. The molecule has 0 unspecified atom stereocenters. The number of carbonyl (C=O) groups excluding carboxylic acids is 2. The summed E-state index contributed by atoms with van der Waals surface area (Å²) in [5, 5.41) is 8.38. The Kier molecular flexibility index (Phi) is 5.84. The molecule has 0 aliphatic carbocycles. The Hall–Kier alpha value is -3.48. The molecule has 0 bridgehead atoms. The zero-order valence-corrected chi connectivity index (χ0v) is 16.0. The van der Waals surface area contributed by atoms with E-state index in [1.54, 1.807) is 38.3 Å². The summed E-state index contributed by atoms with van der Waals surface area (Å²) in [5.74, 6) is 0.900. The van der Waals surface area contributed by atoms with Crippen molar-refractivity contribution in [3.63, 3.8) is 0 Å². The van der Waals surface area contributed by atoms with Gasteiger partial charge in [-0.3, -0.25) is 4.79 Å². The molecule has 0 fully saturated rings. The lowest BCUT2D eigenvalue weighted by Crippen LogP contribution is -2.46. The highest BCUT2D eigenvalue weighted by atomic mass is 16.5. The minimum Gasteiger partial charge on any atom is -0.497 e. The van der Waals surface area contributed by atoms with Gasteiger partial charge in [0, 0.05) is 5.70 Å². The van der Waals surface area contributed by atoms with Crippen LogP contribution in [0.1, 0.15) is 25.5 Å². The number of rotatable bonds is 6. The molecular weight excluding hydrogens is 358 g/mol. The van der Waals surface area contributed by atoms with Crippen molar-refractivity contribution in [1.82, 2.24) is 10.6 Å². The summed E-state index contributed by atoms with van der Waals surface area (Å²) in [6.45, 7) is 4.07. The molecule has 0 aromatic heterocycles. The number of ether oxygens (including phenoxy) is 2. The molecular formula is C21H23N3O4. The molecule has 2 aromatic rings. The van der Waals surface area contributed by atoms with Crippen LogP contribution in [-0.4, -0.2) is 25.7 Å². The van der Waals surface area contributed by atoms with E-state index >= 15 is 0 Å². The second kappa shape index (κ2) is 8.47. The quantitative estimate of drug-likeness (QED) is 0.716. The first-order valence-electron chi connectivity index (χ1n) is 8.99. The van der Waals surface area contributed by atoms with E-state index < -0.39 is 6.04 Å². The largest absolute Gasteiger partial charge is 0.497 e. The fourth-order valence-electron chi connectivity index (χ4n) is 3.11. The average Bonchev–Trinajstić information content (AvgIpc) is 2.69. The Labute approximate surface area is 163 Å². The van der Waals surface area contributed by atoms with Crippen LogP contribution in [0.2, 0.25) is 0 Å². The highest BCUT2D eigenvalue weighted by Gasteiger charge is 2.31. The maximum Gasteiger partial charge on any atom is 0.319 e. The minimum absolute atomic E-state index is 0.329. The summed E-state index contributed by atoms with van der Waals surface area (Å²) in [6.07, 6.45) is 0. The predicted molar refractivity (Wildman–Crippen MR) is 106 cm³/mol. The number of amides is 3. The molecule has 3 N–H and O–H groups in total. The molecule has 1 aliphatic rings. The highest BCUT2D eigenvalue weighted by Crippen LogP contribution is 2.31. The second-order valence-electron chi connectivity index (χ2n) is 6.23. The number of para-hydroxylation sites is 2. The zero-order chi connectivity index (χ0) is 20.1. The van der Waals surface area contributed by atoms with Crippen LogP contribution in [0.15, 0.2) is 59.8 Å². The molecule has 3 amide bonds. The van der Waals surface area contributed by atoms with Gasteiger partial charge in [-0.25, -0.2) is 4.79 Å².